The maximum atomic E-state index is 11.9. The van der Waals surface area contributed by atoms with Gasteiger partial charge in [-0.15, -0.1) is 0 Å². The van der Waals surface area contributed by atoms with Gasteiger partial charge in [-0.05, 0) is 50.1 Å². The van der Waals surface area contributed by atoms with E-state index in [1.807, 2.05) is 31.2 Å². The predicted molar refractivity (Wildman–Crippen MR) is 105 cm³/mol. The Labute approximate surface area is 164 Å². The first-order valence-corrected chi connectivity index (χ1v) is 9.23. The van der Waals surface area contributed by atoms with Crippen molar-refractivity contribution >= 4 is 23.5 Å². The van der Waals surface area contributed by atoms with E-state index < -0.39 is 12.1 Å². The number of esters is 1. The zero-order chi connectivity index (χ0) is 19.6. The maximum absolute atomic E-state index is 11.9. The van der Waals surface area contributed by atoms with Crippen molar-refractivity contribution < 1.29 is 19.1 Å². The number of aryl methyl sites for hydroxylation is 2. The molecule has 144 valence electrons. The largest absolute Gasteiger partial charge is 0.479 e. The minimum absolute atomic E-state index is 0.0721. The molecule has 5 nitrogen and oxygen atoms in total. The van der Waals surface area contributed by atoms with Crippen LogP contribution in [0, 0.1) is 6.92 Å². The number of amides is 1. The third-order valence-corrected chi connectivity index (χ3v) is 4.14. The van der Waals surface area contributed by atoms with Crippen LogP contribution in [-0.4, -0.2) is 31.1 Å². The van der Waals surface area contributed by atoms with Crippen LogP contribution >= 0.6 is 11.6 Å². The zero-order valence-electron chi connectivity index (χ0n) is 15.5. The number of carbonyl (C=O) groups excluding carboxylic acids is 2. The van der Waals surface area contributed by atoms with Crippen LogP contribution in [0.5, 0.6) is 5.75 Å². The molecule has 0 fully saturated rings. The van der Waals surface area contributed by atoms with Gasteiger partial charge < -0.3 is 14.8 Å². The van der Waals surface area contributed by atoms with Crippen LogP contribution in [0.2, 0.25) is 5.02 Å². The van der Waals surface area contributed by atoms with E-state index in [0.29, 0.717) is 23.6 Å². The summed E-state index contributed by atoms with van der Waals surface area (Å²) >= 11 is 5.80. The second-order valence-electron chi connectivity index (χ2n) is 6.22. The highest BCUT2D eigenvalue weighted by molar-refractivity contribution is 6.30. The molecule has 0 heterocycles. The lowest BCUT2D eigenvalue weighted by atomic mass is 10.1. The van der Waals surface area contributed by atoms with E-state index in [2.05, 4.69) is 5.32 Å². The minimum Gasteiger partial charge on any atom is -0.479 e. The van der Waals surface area contributed by atoms with Crippen molar-refractivity contribution in [3.63, 3.8) is 0 Å². The van der Waals surface area contributed by atoms with Crippen molar-refractivity contribution in [2.75, 3.05) is 13.2 Å². The quantitative estimate of drug-likeness (QED) is 0.524. The second kappa shape index (κ2) is 10.6. The monoisotopic (exact) mass is 389 g/mol. The SMILES string of the molecule is Cc1ccc(CCC(=O)NCCOC(=O)C(C)Oc2ccc(Cl)cc2)cc1. The first-order chi connectivity index (χ1) is 12.9. The fourth-order valence-electron chi connectivity index (χ4n) is 2.33. The summed E-state index contributed by atoms with van der Waals surface area (Å²) in [6.07, 6.45) is 0.328. The van der Waals surface area contributed by atoms with Gasteiger partial charge in [0, 0.05) is 11.4 Å². The van der Waals surface area contributed by atoms with E-state index in [4.69, 9.17) is 21.1 Å². The lowest BCUT2D eigenvalue weighted by Gasteiger charge is -2.14. The van der Waals surface area contributed by atoms with E-state index in [-0.39, 0.29) is 19.1 Å². The molecule has 2 aromatic carbocycles. The van der Waals surface area contributed by atoms with Crippen LogP contribution in [0.1, 0.15) is 24.5 Å². The van der Waals surface area contributed by atoms with Crippen LogP contribution in [0.3, 0.4) is 0 Å². The number of hydrogen-bond acceptors (Lipinski definition) is 4. The normalized spacial score (nSPS) is 11.5. The van der Waals surface area contributed by atoms with Gasteiger partial charge in [0.2, 0.25) is 5.91 Å². The lowest BCUT2D eigenvalue weighted by molar-refractivity contribution is -0.151. The molecule has 2 rings (SSSR count). The average Bonchev–Trinajstić information content (AvgIpc) is 2.66. The predicted octanol–water partition coefficient (Wildman–Crippen LogP) is 3.71. The molecule has 0 aliphatic carbocycles. The Balaban J connectivity index is 1.60. The van der Waals surface area contributed by atoms with E-state index in [0.717, 1.165) is 5.56 Å². The van der Waals surface area contributed by atoms with Gasteiger partial charge in [0.15, 0.2) is 6.10 Å². The van der Waals surface area contributed by atoms with E-state index in [1.54, 1.807) is 31.2 Å². The summed E-state index contributed by atoms with van der Waals surface area (Å²) < 4.78 is 10.6. The van der Waals surface area contributed by atoms with Gasteiger partial charge >= 0.3 is 5.97 Å². The Kier molecular flexibility index (Phi) is 8.14. The molecule has 2 aromatic rings. The summed E-state index contributed by atoms with van der Waals surface area (Å²) in [7, 11) is 0. The third-order valence-electron chi connectivity index (χ3n) is 3.89. The van der Waals surface area contributed by atoms with Gasteiger partial charge in [0.25, 0.3) is 0 Å². The van der Waals surface area contributed by atoms with E-state index >= 15 is 0 Å². The highest BCUT2D eigenvalue weighted by atomic mass is 35.5. The molecule has 1 atom stereocenters. The molecule has 1 N–H and O–H groups in total. The summed E-state index contributed by atoms with van der Waals surface area (Å²) in [5.41, 5.74) is 2.31. The summed E-state index contributed by atoms with van der Waals surface area (Å²) in [6, 6.07) is 14.8. The van der Waals surface area contributed by atoms with Gasteiger partial charge in [0.05, 0.1) is 6.54 Å². The summed E-state index contributed by atoms with van der Waals surface area (Å²) in [5, 5.41) is 3.34. The van der Waals surface area contributed by atoms with E-state index in [9.17, 15) is 9.59 Å². The molecule has 0 saturated heterocycles. The Hall–Kier alpha value is -2.53. The van der Waals surface area contributed by atoms with Gasteiger partial charge in [-0.1, -0.05) is 41.4 Å². The number of ether oxygens (including phenoxy) is 2. The zero-order valence-corrected chi connectivity index (χ0v) is 16.3. The lowest BCUT2D eigenvalue weighted by Crippen LogP contribution is -2.31. The Morgan fingerprint density at radius 3 is 2.41 bits per heavy atom. The van der Waals surface area contributed by atoms with Crippen molar-refractivity contribution in [2.45, 2.75) is 32.8 Å². The maximum Gasteiger partial charge on any atom is 0.347 e. The molecule has 0 spiro atoms. The molecule has 0 aliphatic rings. The summed E-state index contributed by atoms with van der Waals surface area (Å²) in [5.74, 6) is -0.0239. The summed E-state index contributed by atoms with van der Waals surface area (Å²) in [4.78, 5) is 23.8. The fourth-order valence-corrected chi connectivity index (χ4v) is 2.45. The van der Waals surface area contributed by atoms with Gasteiger partial charge in [-0.25, -0.2) is 4.79 Å². The molecule has 1 unspecified atom stereocenters. The molecule has 0 radical (unpaired) electrons. The second-order valence-corrected chi connectivity index (χ2v) is 6.65. The summed E-state index contributed by atoms with van der Waals surface area (Å²) in [6.45, 7) is 4.01. The average molecular weight is 390 g/mol. The fraction of sp³-hybridized carbons (Fsp3) is 0.333. The third kappa shape index (κ3) is 7.71. The van der Waals surface area contributed by atoms with Crippen LogP contribution in [0.4, 0.5) is 0 Å². The topological polar surface area (TPSA) is 64.6 Å². The van der Waals surface area contributed by atoms with Gasteiger partial charge in [-0.2, -0.15) is 0 Å². The molecule has 6 heteroatoms. The Bertz CT molecular complexity index is 744. The molecule has 27 heavy (non-hydrogen) atoms. The van der Waals surface area contributed by atoms with Crippen LogP contribution in [0.25, 0.3) is 0 Å². The van der Waals surface area contributed by atoms with Crippen molar-refractivity contribution in [1.29, 1.82) is 0 Å². The molecular formula is C21H24ClNO4. The number of hydrogen-bond donors (Lipinski definition) is 1. The molecule has 1 amide bonds. The number of carbonyl (C=O) groups is 2. The van der Waals surface area contributed by atoms with Gasteiger partial charge in [-0.3, -0.25) is 4.79 Å². The number of rotatable bonds is 9. The van der Waals surface area contributed by atoms with E-state index in [1.165, 1.54) is 5.56 Å². The number of halogens is 1. The molecular weight excluding hydrogens is 366 g/mol. The smallest absolute Gasteiger partial charge is 0.347 e. The van der Waals surface area contributed by atoms with Crippen molar-refractivity contribution in [3.8, 4) is 5.75 Å². The first kappa shape index (κ1) is 20.8. The van der Waals surface area contributed by atoms with Crippen molar-refractivity contribution in [1.82, 2.24) is 5.32 Å². The van der Waals surface area contributed by atoms with Gasteiger partial charge in [0.1, 0.15) is 12.4 Å². The molecule has 0 bridgehead atoms. The van der Waals surface area contributed by atoms with Crippen LogP contribution < -0.4 is 10.1 Å². The molecule has 0 aromatic heterocycles. The van der Waals surface area contributed by atoms with Crippen molar-refractivity contribution in [3.05, 3.63) is 64.7 Å². The standard InChI is InChI=1S/C21H24ClNO4/c1-15-3-5-17(6-4-15)7-12-20(24)23-13-14-26-21(25)16(2)27-19-10-8-18(22)9-11-19/h3-6,8-11,16H,7,12-14H2,1-2H3,(H,23,24). The number of benzene rings is 2. The van der Waals surface area contributed by atoms with Crippen molar-refractivity contribution in [2.24, 2.45) is 0 Å². The van der Waals surface area contributed by atoms with Crippen LogP contribution in [-0.2, 0) is 20.7 Å². The Morgan fingerprint density at radius 1 is 1.07 bits per heavy atom. The molecule has 0 aliphatic heterocycles. The number of nitrogens with one attached hydrogen (secondary N) is 1. The van der Waals surface area contributed by atoms with Crippen LogP contribution in [0.15, 0.2) is 48.5 Å². The Morgan fingerprint density at radius 2 is 1.74 bits per heavy atom. The highest BCUT2D eigenvalue weighted by Gasteiger charge is 2.16. The molecule has 0 saturated carbocycles. The first-order valence-electron chi connectivity index (χ1n) is 8.85. The highest BCUT2D eigenvalue weighted by Crippen LogP contribution is 2.17. The minimum atomic E-state index is -0.747.